The number of para-hydroxylation sites is 1. The molecular formula is C24H23N3O3. The summed E-state index contributed by atoms with van der Waals surface area (Å²) in [7, 11) is 0. The first-order valence-corrected chi connectivity index (χ1v) is 10.2. The Hall–Kier alpha value is -3.54. The molecule has 3 aromatic rings. The maximum absolute atomic E-state index is 12.4. The molecule has 0 bridgehead atoms. The SMILES string of the molecule is Cc1cc(NC(=O)CCCCCN2C(=O)c3ccccc3C2=O)c2ccccc2n1. The number of fused-ring (bicyclic) bond motifs is 2. The average molecular weight is 401 g/mol. The number of pyridine rings is 1. The number of aryl methyl sites for hydroxylation is 1. The van der Waals surface area contributed by atoms with Crippen molar-refractivity contribution in [2.75, 3.05) is 11.9 Å². The van der Waals surface area contributed by atoms with Crippen LogP contribution in [0.3, 0.4) is 0 Å². The molecule has 0 saturated carbocycles. The predicted molar refractivity (Wildman–Crippen MR) is 115 cm³/mol. The van der Waals surface area contributed by atoms with Crippen LogP contribution in [0.5, 0.6) is 0 Å². The molecule has 6 heteroatoms. The fraction of sp³-hybridized carbons (Fsp3) is 0.250. The van der Waals surface area contributed by atoms with E-state index in [4.69, 9.17) is 0 Å². The highest BCUT2D eigenvalue weighted by Crippen LogP contribution is 2.24. The van der Waals surface area contributed by atoms with E-state index in [0.29, 0.717) is 36.9 Å². The molecule has 0 unspecified atom stereocenters. The van der Waals surface area contributed by atoms with Crippen LogP contribution in [-0.4, -0.2) is 34.2 Å². The molecule has 2 aromatic carbocycles. The van der Waals surface area contributed by atoms with Gasteiger partial charge in [-0.1, -0.05) is 36.8 Å². The van der Waals surface area contributed by atoms with Crippen LogP contribution in [-0.2, 0) is 4.79 Å². The van der Waals surface area contributed by atoms with Crippen molar-refractivity contribution in [2.45, 2.75) is 32.6 Å². The molecule has 1 aliphatic rings. The van der Waals surface area contributed by atoms with Crippen LogP contribution in [0, 0.1) is 6.92 Å². The second-order valence-electron chi connectivity index (χ2n) is 7.49. The number of unbranched alkanes of at least 4 members (excludes halogenated alkanes) is 2. The molecule has 0 aliphatic carbocycles. The van der Waals surface area contributed by atoms with Gasteiger partial charge in [-0.3, -0.25) is 24.3 Å². The number of nitrogens with zero attached hydrogens (tertiary/aromatic N) is 2. The lowest BCUT2D eigenvalue weighted by Gasteiger charge is -2.13. The van der Waals surface area contributed by atoms with Crippen molar-refractivity contribution in [3.05, 3.63) is 71.4 Å². The Balaban J connectivity index is 1.26. The van der Waals surface area contributed by atoms with Crippen LogP contribution in [0.15, 0.2) is 54.6 Å². The number of carbonyl (C=O) groups excluding carboxylic acids is 3. The van der Waals surface area contributed by atoms with Crippen molar-refractivity contribution in [1.82, 2.24) is 9.88 Å². The fourth-order valence-corrected chi connectivity index (χ4v) is 3.80. The Kier molecular flexibility index (Phi) is 5.57. The first-order chi connectivity index (χ1) is 14.5. The smallest absolute Gasteiger partial charge is 0.261 e. The summed E-state index contributed by atoms with van der Waals surface area (Å²) < 4.78 is 0. The quantitative estimate of drug-likeness (QED) is 0.472. The van der Waals surface area contributed by atoms with Gasteiger partial charge in [0.1, 0.15) is 0 Å². The fourth-order valence-electron chi connectivity index (χ4n) is 3.80. The zero-order valence-corrected chi connectivity index (χ0v) is 16.9. The van der Waals surface area contributed by atoms with Crippen molar-refractivity contribution < 1.29 is 14.4 Å². The predicted octanol–water partition coefficient (Wildman–Crippen LogP) is 4.34. The molecule has 0 saturated heterocycles. The van der Waals surface area contributed by atoms with E-state index >= 15 is 0 Å². The van der Waals surface area contributed by atoms with E-state index in [1.807, 2.05) is 37.3 Å². The minimum absolute atomic E-state index is 0.0496. The number of benzene rings is 2. The van der Waals surface area contributed by atoms with Gasteiger partial charge in [-0.25, -0.2) is 0 Å². The van der Waals surface area contributed by atoms with E-state index < -0.39 is 0 Å². The first kappa shape index (κ1) is 19.8. The molecule has 0 radical (unpaired) electrons. The summed E-state index contributed by atoms with van der Waals surface area (Å²) in [5.41, 5.74) is 3.43. The molecule has 1 aliphatic heterocycles. The lowest BCUT2D eigenvalue weighted by atomic mass is 10.1. The monoisotopic (exact) mass is 401 g/mol. The minimum Gasteiger partial charge on any atom is -0.325 e. The van der Waals surface area contributed by atoms with E-state index in [1.165, 1.54) is 4.90 Å². The van der Waals surface area contributed by atoms with Crippen LogP contribution in [0.25, 0.3) is 10.9 Å². The Morgan fingerprint density at radius 2 is 1.60 bits per heavy atom. The summed E-state index contributed by atoms with van der Waals surface area (Å²) in [6.07, 6.45) is 2.52. The Labute approximate surface area is 174 Å². The number of nitrogens with one attached hydrogen (secondary N) is 1. The summed E-state index contributed by atoms with van der Waals surface area (Å²) >= 11 is 0. The third-order valence-electron chi connectivity index (χ3n) is 5.28. The zero-order valence-electron chi connectivity index (χ0n) is 16.9. The Morgan fingerprint density at radius 1 is 0.933 bits per heavy atom. The average Bonchev–Trinajstić information content (AvgIpc) is 2.98. The first-order valence-electron chi connectivity index (χ1n) is 10.2. The highest BCUT2D eigenvalue weighted by Gasteiger charge is 2.34. The zero-order chi connectivity index (χ0) is 21.1. The molecule has 30 heavy (non-hydrogen) atoms. The summed E-state index contributed by atoms with van der Waals surface area (Å²) in [4.78, 5) is 42.9. The van der Waals surface area contributed by atoms with Crippen LogP contribution in [0.2, 0.25) is 0 Å². The van der Waals surface area contributed by atoms with Gasteiger partial charge < -0.3 is 5.32 Å². The number of rotatable bonds is 7. The number of hydrogen-bond donors (Lipinski definition) is 1. The molecule has 152 valence electrons. The third kappa shape index (κ3) is 3.94. The topological polar surface area (TPSA) is 79.4 Å². The van der Waals surface area contributed by atoms with E-state index in [9.17, 15) is 14.4 Å². The second-order valence-corrected chi connectivity index (χ2v) is 7.49. The summed E-state index contributed by atoms with van der Waals surface area (Å²) in [5.74, 6) is -0.506. The van der Waals surface area contributed by atoms with Crippen LogP contribution in [0.1, 0.15) is 52.1 Å². The Bertz CT molecular complexity index is 1100. The minimum atomic E-state index is -0.228. The van der Waals surface area contributed by atoms with Gasteiger partial charge in [-0.2, -0.15) is 0 Å². The molecule has 1 aromatic heterocycles. The lowest BCUT2D eigenvalue weighted by molar-refractivity contribution is -0.116. The van der Waals surface area contributed by atoms with Crippen molar-refractivity contribution in [3.63, 3.8) is 0 Å². The van der Waals surface area contributed by atoms with Gasteiger partial charge in [-0.15, -0.1) is 0 Å². The van der Waals surface area contributed by atoms with Gasteiger partial charge in [0, 0.05) is 24.0 Å². The maximum atomic E-state index is 12.4. The normalized spacial score (nSPS) is 13.0. The molecule has 4 rings (SSSR count). The largest absolute Gasteiger partial charge is 0.325 e. The van der Waals surface area contributed by atoms with E-state index in [2.05, 4.69) is 10.3 Å². The summed E-state index contributed by atoms with van der Waals surface area (Å²) in [6, 6.07) is 16.5. The molecule has 0 spiro atoms. The summed E-state index contributed by atoms with van der Waals surface area (Å²) in [5, 5.41) is 3.90. The summed E-state index contributed by atoms with van der Waals surface area (Å²) in [6.45, 7) is 2.28. The molecular weight excluding hydrogens is 378 g/mol. The number of hydrogen-bond acceptors (Lipinski definition) is 4. The van der Waals surface area contributed by atoms with Crippen LogP contribution < -0.4 is 5.32 Å². The molecule has 0 fully saturated rings. The van der Waals surface area contributed by atoms with E-state index in [0.717, 1.165) is 28.7 Å². The van der Waals surface area contributed by atoms with Gasteiger partial charge in [0.05, 0.1) is 22.3 Å². The van der Waals surface area contributed by atoms with Gasteiger partial charge in [0.2, 0.25) is 5.91 Å². The van der Waals surface area contributed by atoms with Crippen molar-refractivity contribution in [1.29, 1.82) is 0 Å². The van der Waals surface area contributed by atoms with Crippen LogP contribution in [0.4, 0.5) is 5.69 Å². The lowest BCUT2D eigenvalue weighted by Crippen LogP contribution is -2.30. The third-order valence-corrected chi connectivity index (χ3v) is 5.28. The maximum Gasteiger partial charge on any atom is 0.261 e. The van der Waals surface area contributed by atoms with Crippen molar-refractivity contribution in [2.24, 2.45) is 0 Å². The molecule has 6 nitrogen and oxygen atoms in total. The highest BCUT2D eigenvalue weighted by molar-refractivity contribution is 6.21. The van der Waals surface area contributed by atoms with Gasteiger partial charge in [0.15, 0.2) is 0 Å². The Morgan fingerprint density at radius 3 is 2.33 bits per heavy atom. The molecule has 3 amide bonds. The number of aromatic nitrogens is 1. The number of imide groups is 1. The number of anilines is 1. The molecule has 2 heterocycles. The number of carbonyl (C=O) groups is 3. The number of amides is 3. The second kappa shape index (κ2) is 8.45. The standard InChI is InChI=1S/C24H23N3O3/c1-16-15-21(19-11-6-7-12-20(19)25-16)26-22(28)13-3-2-8-14-27-23(29)17-9-4-5-10-18(17)24(27)30/h4-7,9-12,15H,2-3,8,13-14H2,1H3,(H,25,26,28). The molecule has 1 N–H and O–H groups in total. The van der Waals surface area contributed by atoms with Gasteiger partial charge >= 0.3 is 0 Å². The highest BCUT2D eigenvalue weighted by atomic mass is 16.2. The van der Waals surface area contributed by atoms with Gasteiger partial charge in [0.25, 0.3) is 11.8 Å². The molecule has 0 atom stereocenters. The van der Waals surface area contributed by atoms with Crippen molar-refractivity contribution >= 4 is 34.3 Å². The van der Waals surface area contributed by atoms with E-state index in [1.54, 1.807) is 24.3 Å². The van der Waals surface area contributed by atoms with Crippen molar-refractivity contribution in [3.8, 4) is 0 Å². The van der Waals surface area contributed by atoms with Gasteiger partial charge in [-0.05, 0) is 44.0 Å². The van der Waals surface area contributed by atoms with Crippen LogP contribution >= 0.6 is 0 Å². The van der Waals surface area contributed by atoms with E-state index in [-0.39, 0.29) is 17.7 Å².